The fourth-order valence-electron chi connectivity index (χ4n) is 2.15. The molecule has 2 N–H and O–H groups in total. The Bertz CT molecular complexity index is 738. The number of nitrogens with one attached hydrogen (secondary N) is 2. The Morgan fingerprint density at radius 1 is 1.04 bits per heavy atom. The number of hydrogen-bond acceptors (Lipinski definition) is 5. The number of ether oxygens (including phenoxy) is 2. The van der Waals surface area contributed by atoms with Gasteiger partial charge in [-0.1, -0.05) is 30.3 Å². The van der Waals surface area contributed by atoms with Crippen molar-refractivity contribution in [2.45, 2.75) is 12.7 Å². The number of rotatable bonds is 8. The normalized spacial score (nSPS) is 10.1. The highest BCUT2D eigenvalue weighted by atomic mass is 32.2. The quantitative estimate of drug-likeness (QED) is 0.695. The number of hydrazine groups is 1. The molecule has 0 saturated carbocycles. The van der Waals surface area contributed by atoms with E-state index in [0.717, 1.165) is 11.3 Å². The third-order valence-electron chi connectivity index (χ3n) is 3.39. The number of carbonyl (C=O) groups excluding carboxylic acids is 2. The second-order valence-electron chi connectivity index (χ2n) is 5.28. The molecular weight excluding hydrogens is 352 g/mol. The lowest BCUT2D eigenvalue weighted by Crippen LogP contribution is -2.42. The van der Waals surface area contributed by atoms with Gasteiger partial charge in [0.15, 0.2) is 11.5 Å². The van der Waals surface area contributed by atoms with Crippen molar-refractivity contribution in [3.63, 3.8) is 0 Å². The third-order valence-corrected chi connectivity index (χ3v) is 4.39. The van der Waals surface area contributed by atoms with Crippen molar-refractivity contribution in [2.75, 3.05) is 19.5 Å². The maximum atomic E-state index is 12.2. The van der Waals surface area contributed by atoms with Gasteiger partial charge in [-0.15, -0.1) is 11.8 Å². The van der Waals surface area contributed by atoms with Crippen LogP contribution < -0.4 is 20.3 Å². The average molecular weight is 374 g/mol. The molecule has 7 heteroatoms. The van der Waals surface area contributed by atoms with Crippen molar-refractivity contribution < 1.29 is 19.1 Å². The first-order valence-electron chi connectivity index (χ1n) is 8.15. The lowest BCUT2D eigenvalue weighted by atomic mass is 10.2. The van der Waals surface area contributed by atoms with Gasteiger partial charge in [-0.05, 0) is 30.7 Å². The SMILES string of the molecule is CCOc1ccc(C(=O)NNC(=O)CSCc2ccccc2)cc1OC. The zero-order valence-electron chi connectivity index (χ0n) is 14.8. The van der Waals surface area contributed by atoms with Crippen molar-refractivity contribution >= 4 is 23.6 Å². The van der Waals surface area contributed by atoms with Crippen molar-refractivity contribution in [3.05, 3.63) is 59.7 Å². The summed E-state index contributed by atoms with van der Waals surface area (Å²) >= 11 is 1.48. The second kappa shape index (κ2) is 10.4. The highest BCUT2D eigenvalue weighted by molar-refractivity contribution is 7.99. The van der Waals surface area contributed by atoms with Crippen LogP contribution in [0.1, 0.15) is 22.8 Å². The Labute approximate surface area is 157 Å². The summed E-state index contributed by atoms with van der Waals surface area (Å²) in [6, 6.07) is 14.7. The van der Waals surface area contributed by atoms with Gasteiger partial charge in [0, 0.05) is 11.3 Å². The van der Waals surface area contributed by atoms with E-state index in [0.29, 0.717) is 23.7 Å². The van der Waals surface area contributed by atoms with Gasteiger partial charge in [-0.3, -0.25) is 20.4 Å². The van der Waals surface area contributed by atoms with E-state index in [1.54, 1.807) is 18.2 Å². The van der Waals surface area contributed by atoms with Gasteiger partial charge in [0.1, 0.15) is 0 Å². The zero-order chi connectivity index (χ0) is 18.8. The molecule has 26 heavy (non-hydrogen) atoms. The second-order valence-corrected chi connectivity index (χ2v) is 6.26. The first-order valence-corrected chi connectivity index (χ1v) is 9.31. The summed E-state index contributed by atoms with van der Waals surface area (Å²) in [5.74, 6) is 1.32. The van der Waals surface area contributed by atoms with Gasteiger partial charge in [0.2, 0.25) is 5.91 Å². The molecule has 0 heterocycles. The van der Waals surface area contributed by atoms with E-state index in [1.807, 2.05) is 37.3 Å². The van der Waals surface area contributed by atoms with E-state index in [4.69, 9.17) is 9.47 Å². The van der Waals surface area contributed by atoms with Crippen LogP contribution in [0.4, 0.5) is 0 Å². The van der Waals surface area contributed by atoms with Crippen molar-refractivity contribution in [2.24, 2.45) is 0 Å². The summed E-state index contributed by atoms with van der Waals surface area (Å²) < 4.78 is 10.6. The van der Waals surface area contributed by atoms with Gasteiger partial charge in [0.05, 0.1) is 19.5 Å². The number of amides is 2. The molecule has 0 atom stereocenters. The van der Waals surface area contributed by atoms with E-state index in [1.165, 1.54) is 18.9 Å². The predicted molar refractivity (Wildman–Crippen MR) is 102 cm³/mol. The Morgan fingerprint density at radius 2 is 1.81 bits per heavy atom. The molecular formula is C19H22N2O4S. The Hall–Kier alpha value is -2.67. The van der Waals surface area contributed by atoms with E-state index >= 15 is 0 Å². The van der Waals surface area contributed by atoms with Gasteiger partial charge in [-0.25, -0.2) is 0 Å². The lowest BCUT2D eigenvalue weighted by molar-refractivity contribution is -0.119. The minimum atomic E-state index is -0.423. The lowest BCUT2D eigenvalue weighted by Gasteiger charge is -2.11. The Balaban J connectivity index is 1.79. The van der Waals surface area contributed by atoms with E-state index in [2.05, 4.69) is 10.9 Å². The largest absolute Gasteiger partial charge is 0.493 e. The molecule has 0 fully saturated rings. The molecule has 0 unspecified atom stereocenters. The Kier molecular flexibility index (Phi) is 7.82. The summed E-state index contributed by atoms with van der Waals surface area (Å²) in [5.41, 5.74) is 6.33. The van der Waals surface area contributed by atoms with Crippen LogP contribution in [0, 0.1) is 0 Å². The maximum Gasteiger partial charge on any atom is 0.269 e. The summed E-state index contributed by atoms with van der Waals surface area (Å²) in [6.45, 7) is 2.37. The minimum Gasteiger partial charge on any atom is -0.493 e. The number of carbonyl (C=O) groups is 2. The van der Waals surface area contributed by atoms with Crippen LogP contribution in [-0.4, -0.2) is 31.3 Å². The van der Waals surface area contributed by atoms with Crippen LogP contribution in [0.5, 0.6) is 11.5 Å². The van der Waals surface area contributed by atoms with E-state index in [-0.39, 0.29) is 11.7 Å². The van der Waals surface area contributed by atoms with Gasteiger partial charge in [0.25, 0.3) is 5.91 Å². The van der Waals surface area contributed by atoms with Crippen molar-refractivity contribution in [1.82, 2.24) is 10.9 Å². The zero-order valence-corrected chi connectivity index (χ0v) is 15.6. The molecule has 6 nitrogen and oxygen atoms in total. The molecule has 2 aromatic carbocycles. The summed E-state index contributed by atoms with van der Waals surface area (Å²) in [5, 5.41) is 0. The molecule has 2 amide bonds. The highest BCUT2D eigenvalue weighted by Crippen LogP contribution is 2.27. The number of methoxy groups -OCH3 is 1. The summed E-state index contributed by atoms with van der Waals surface area (Å²) in [7, 11) is 1.51. The van der Waals surface area contributed by atoms with Gasteiger partial charge >= 0.3 is 0 Å². The third kappa shape index (κ3) is 6.00. The molecule has 0 saturated heterocycles. The van der Waals surface area contributed by atoms with Crippen molar-refractivity contribution in [1.29, 1.82) is 0 Å². The molecule has 2 rings (SSSR count). The smallest absolute Gasteiger partial charge is 0.269 e. The molecule has 0 spiro atoms. The first-order chi connectivity index (χ1) is 12.6. The van der Waals surface area contributed by atoms with E-state index < -0.39 is 5.91 Å². The van der Waals surface area contributed by atoms with Crippen molar-refractivity contribution in [3.8, 4) is 11.5 Å². The van der Waals surface area contributed by atoms with Crippen LogP contribution in [0.3, 0.4) is 0 Å². The summed E-state index contributed by atoms with van der Waals surface area (Å²) in [4.78, 5) is 24.0. The molecule has 0 bridgehead atoms. The number of benzene rings is 2. The Morgan fingerprint density at radius 3 is 2.50 bits per heavy atom. The van der Waals surface area contributed by atoms with Crippen LogP contribution >= 0.6 is 11.8 Å². The van der Waals surface area contributed by atoms with Crippen LogP contribution in [0.15, 0.2) is 48.5 Å². The fraction of sp³-hybridized carbons (Fsp3) is 0.263. The predicted octanol–water partition coefficient (Wildman–Crippen LogP) is 2.79. The summed E-state index contributed by atoms with van der Waals surface area (Å²) in [6.07, 6.45) is 0. The number of hydrogen-bond donors (Lipinski definition) is 2. The fourth-order valence-corrected chi connectivity index (χ4v) is 2.94. The van der Waals surface area contributed by atoms with Gasteiger partial charge < -0.3 is 9.47 Å². The van der Waals surface area contributed by atoms with Gasteiger partial charge in [-0.2, -0.15) is 0 Å². The van der Waals surface area contributed by atoms with Crippen LogP contribution in [-0.2, 0) is 10.5 Å². The molecule has 0 aromatic heterocycles. The molecule has 0 radical (unpaired) electrons. The monoisotopic (exact) mass is 374 g/mol. The van der Waals surface area contributed by atoms with E-state index in [9.17, 15) is 9.59 Å². The minimum absolute atomic E-state index is 0.252. The molecule has 0 aliphatic heterocycles. The first kappa shape index (κ1) is 19.7. The average Bonchev–Trinajstić information content (AvgIpc) is 2.67. The molecule has 2 aromatic rings. The topological polar surface area (TPSA) is 76.7 Å². The molecule has 0 aliphatic rings. The molecule has 138 valence electrons. The van der Waals surface area contributed by atoms with Crippen LogP contribution in [0.25, 0.3) is 0 Å². The highest BCUT2D eigenvalue weighted by Gasteiger charge is 2.12. The van der Waals surface area contributed by atoms with Crippen LogP contribution in [0.2, 0.25) is 0 Å². The number of thioether (sulfide) groups is 1. The standard InChI is InChI=1S/C19H22N2O4S/c1-3-25-16-10-9-15(11-17(16)24-2)19(23)21-20-18(22)13-26-12-14-7-5-4-6-8-14/h4-11H,3,12-13H2,1-2H3,(H,20,22)(H,21,23). The molecule has 0 aliphatic carbocycles. The maximum absolute atomic E-state index is 12.2.